The molecule has 0 spiro atoms. The van der Waals surface area contributed by atoms with Gasteiger partial charge >= 0.3 is 6.09 Å². The summed E-state index contributed by atoms with van der Waals surface area (Å²) in [5.74, 6) is 0.723. The molecular formula is C27H34N4O6S2. The summed E-state index contributed by atoms with van der Waals surface area (Å²) in [5.41, 5.74) is 0.477. The molecule has 1 aromatic carbocycles. The standard InChI is InChI=1S/C27H34N4O6S2/c1-15-22(31-24(28-15)38-23(29-31)27(33,17-7-8-17)18-9-10-18)16-6-11-20(36-5)21(12-16)39(34,35)19-13-30(14-19)25(32)37-26(2,3)4/h6,11-12,17-19,33H,7-10,13-14H2,1-5H3. The first-order valence-corrected chi connectivity index (χ1v) is 15.7. The number of ether oxygens (including phenoxy) is 2. The monoisotopic (exact) mass is 574 g/mol. The number of hydrogen-bond acceptors (Lipinski definition) is 9. The largest absolute Gasteiger partial charge is 0.495 e. The Labute approximate surface area is 231 Å². The number of aliphatic hydroxyl groups is 1. The lowest BCUT2D eigenvalue weighted by Gasteiger charge is -2.39. The van der Waals surface area contributed by atoms with Crippen molar-refractivity contribution in [3.05, 3.63) is 28.9 Å². The molecule has 2 aliphatic carbocycles. The van der Waals surface area contributed by atoms with Crippen LogP contribution in [-0.4, -0.2) is 70.2 Å². The molecule has 3 heterocycles. The summed E-state index contributed by atoms with van der Waals surface area (Å²) in [7, 11) is -2.38. The van der Waals surface area contributed by atoms with E-state index < -0.39 is 32.4 Å². The number of aryl methyl sites for hydroxylation is 1. The Balaban J connectivity index is 1.33. The van der Waals surface area contributed by atoms with Gasteiger partial charge in [0.05, 0.1) is 18.5 Å². The molecular weight excluding hydrogens is 540 g/mol. The molecule has 1 amide bonds. The highest BCUT2D eigenvalue weighted by atomic mass is 32.2. The lowest BCUT2D eigenvalue weighted by molar-refractivity contribution is -0.0112. The van der Waals surface area contributed by atoms with Crippen LogP contribution in [0.2, 0.25) is 0 Å². The smallest absolute Gasteiger partial charge is 0.410 e. The molecule has 39 heavy (non-hydrogen) atoms. The van der Waals surface area contributed by atoms with E-state index in [-0.39, 0.29) is 35.6 Å². The van der Waals surface area contributed by atoms with Crippen LogP contribution in [0.3, 0.4) is 0 Å². The highest BCUT2D eigenvalue weighted by Crippen LogP contribution is 2.58. The summed E-state index contributed by atoms with van der Waals surface area (Å²) >= 11 is 1.41. The van der Waals surface area contributed by atoms with E-state index in [1.54, 1.807) is 43.5 Å². The molecule has 3 fully saturated rings. The zero-order valence-corrected chi connectivity index (χ0v) is 24.4. The highest BCUT2D eigenvalue weighted by molar-refractivity contribution is 7.92. The number of hydrogen-bond donors (Lipinski definition) is 1. The minimum Gasteiger partial charge on any atom is -0.495 e. The lowest BCUT2D eigenvalue weighted by Crippen LogP contribution is -2.57. The number of fused-ring (bicyclic) bond motifs is 1. The molecule has 1 aliphatic heterocycles. The molecule has 0 atom stereocenters. The molecule has 3 aromatic rings. The molecule has 210 valence electrons. The Morgan fingerprint density at radius 1 is 1.13 bits per heavy atom. The number of carbonyl (C=O) groups is 1. The van der Waals surface area contributed by atoms with Crippen molar-refractivity contribution >= 4 is 32.2 Å². The van der Waals surface area contributed by atoms with Crippen LogP contribution in [0.4, 0.5) is 4.79 Å². The van der Waals surface area contributed by atoms with E-state index >= 15 is 0 Å². The van der Waals surface area contributed by atoms with Gasteiger partial charge in [0, 0.05) is 18.7 Å². The van der Waals surface area contributed by atoms with Crippen molar-refractivity contribution in [1.82, 2.24) is 19.5 Å². The maximum absolute atomic E-state index is 13.7. The Hall–Kier alpha value is -2.70. The number of likely N-dealkylation sites (tertiary alicyclic amines) is 1. The number of imidazole rings is 1. The minimum atomic E-state index is -3.82. The molecule has 0 radical (unpaired) electrons. The molecule has 0 unspecified atom stereocenters. The van der Waals surface area contributed by atoms with Gasteiger partial charge in [0.15, 0.2) is 9.84 Å². The second-order valence-corrected chi connectivity index (χ2v) is 15.1. The number of amides is 1. The van der Waals surface area contributed by atoms with Crippen molar-refractivity contribution in [2.24, 2.45) is 11.8 Å². The summed E-state index contributed by atoms with van der Waals surface area (Å²) < 4.78 is 39.9. The van der Waals surface area contributed by atoms with E-state index in [0.29, 0.717) is 21.2 Å². The first-order valence-electron chi connectivity index (χ1n) is 13.3. The van der Waals surface area contributed by atoms with Crippen molar-refractivity contribution in [1.29, 1.82) is 0 Å². The van der Waals surface area contributed by atoms with Crippen LogP contribution in [0.15, 0.2) is 23.1 Å². The third kappa shape index (κ3) is 4.50. The van der Waals surface area contributed by atoms with Gasteiger partial charge in [-0.1, -0.05) is 11.3 Å². The first kappa shape index (κ1) is 26.5. The summed E-state index contributed by atoms with van der Waals surface area (Å²) in [4.78, 5) is 19.2. The molecule has 1 N–H and O–H groups in total. The second-order valence-electron chi connectivity index (χ2n) is 11.9. The predicted molar refractivity (Wildman–Crippen MR) is 146 cm³/mol. The topological polar surface area (TPSA) is 123 Å². The van der Waals surface area contributed by atoms with Crippen LogP contribution in [0.25, 0.3) is 16.2 Å². The predicted octanol–water partition coefficient (Wildman–Crippen LogP) is 4.18. The van der Waals surface area contributed by atoms with Crippen LogP contribution in [0.1, 0.15) is 57.2 Å². The van der Waals surface area contributed by atoms with Gasteiger partial charge in [-0.3, -0.25) is 0 Å². The summed E-state index contributed by atoms with van der Waals surface area (Å²) in [6.07, 6.45) is 3.50. The molecule has 1 saturated heterocycles. The fraction of sp³-hybridized carbons (Fsp3) is 0.593. The van der Waals surface area contributed by atoms with Crippen molar-refractivity contribution in [3.63, 3.8) is 0 Å². The molecule has 2 saturated carbocycles. The molecule has 12 heteroatoms. The second kappa shape index (κ2) is 8.90. The third-order valence-electron chi connectivity index (χ3n) is 7.80. The normalized spacial score (nSPS) is 18.9. The average molecular weight is 575 g/mol. The number of sulfone groups is 1. The van der Waals surface area contributed by atoms with E-state index in [9.17, 15) is 18.3 Å². The van der Waals surface area contributed by atoms with Gasteiger partial charge in [-0.15, -0.1) is 0 Å². The van der Waals surface area contributed by atoms with Crippen molar-refractivity contribution in [3.8, 4) is 17.0 Å². The van der Waals surface area contributed by atoms with E-state index in [0.717, 1.165) is 31.4 Å². The molecule has 6 rings (SSSR count). The van der Waals surface area contributed by atoms with Crippen LogP contribution in [0.5, 0.6) is 5.75 Å². The van der Waals surface area contributed by atoms with Gasteiger partial charge < -0.3 is 19.5 Å². The van der Waals surface area contributed by atoms with Gasteiger partial charge in [0.2, 0.25) is 4.96 Å². The number of aromatic nitrogens is 3. The van der Waals surface area contributed by atoms with Gasteiger partial charge in [0.25, 0.3) is 0 Å². The highest BCUT2D eigenvalue weighted by Gasteiger charge is 2.56. The third-order valence-corrected chi connectivity index (χ3v) is 11.0. The van der Waals surface area contributed by atoms with Crippen molar-refractivity contribution < 1.29 is 27.8 Å². The molecule has 2 aromatic heterocycles. The summed E-state index contributed by atoms with van der Waals surface area (Å²) in [5, 5.41) is 16.4. The number of benzene rings is 1. The van der Waals surface area contributed by atoms with Crippen molar-refractivity contribution in [2.75, 3.05) is 20.2 Å². The molecule has 10 nitrogen and oxygen atoms in total. The fourth-order valence-corrected chi connectivity index (χ4v) is 8.44. The Kier molecular flexibility index (Phi) is 6.05. The summed E-state index contributed by atoms with van der Waals surface area (Å²) in [6.45, 7) is 7.29. The van der Waals surface area contributed by atoms with E-state index in [1.807, 2.05) is 6.92 Å². The number of methoxy groups -OCH3 is 1. The van der Waals surface area contributed by atoms with Crippen LogP contribution >= 0.6 is 11.3 Å². The minimum absolute atomic E-state index is 0.0525. The Morgan fingerprint density at radius 2 is 1.77 bits per heavy atom. The molecule has 0 bridgehead atoms. The van der Waals surface area contributed by atoms with Crippen LogP contribution < -0.4 is 4.74 Å². The zero-order valence-electron chi connectivity index (χ0n) is 22.8. The van der Waals surface area contributed by atoms with Crippen LogP contribution in [0, 0.1) is 18.8 Å². The first-order chi connectivity index (χ1) is 18.3. The molecule has 3 aliphatic rings. The average Bonchev–Trinajstić information content (AvgIpc) is 3.73. The lowest BCUT2D eigenvalue weighted by atomic mass is 9.93. The van der Waals surface area contributed by atoms with Gasteiger partial charge in [-0.05, 0) is 83.4 Å². The van der Waals surface area contributed by atoms with Crippen LogP contribution in [-0.2, 0) is 20.2 Å². The number of carbonyl (C=O) groups excluding carboxylic acids is 1. The Morgan fingerprint density at radius 3 is 2.33 bits per heavy atom. The maximum Gasteiger partial charge on any atom is 0.410 e. The van der Waals surface area contributed by atoms with E-state index in [1.165, 1.54) is 23.3 Å². The SMILES string of the molecule is COc1ccc(-c2c(C)nc3sc(C(O)(C4CC4)C4CC4)nn23)cc1S(=O)(=O)C1CN(C(=O)OC(C)(C)C)C1. The van der Waals surface area contributed by atoms with Crippen molar-refractivity contribution in [2.45, 2.75) is 74.7 Å². The maximum atomic E-state index is 13.7. The number of rotatable bonds is 7. The Bertz CT molecular complexity index is 1540. The van der Waals surface area contributed by atoms with Gasteiger partial charge in [-0.2, -0.15) is 5.10 Å². The summed E-state index contributed by atoms with van der Waals surface area (Å²) in [6, 6.07) is 5.05. The van der Waals surface area contributed by atoms with Gasteiger partial charge in [-0.25, -0.2) is 22.7 Å². The quantitative estimate of drug-likeness (QED) is 0.446. The number of nitrogens with zero attached hydrogens (tertiary/aromatic N) is 4. The van der Waals surface area contributed by atoms with Gasteiger partial charge in [0.1, 0.15) is 32.1 Å². The van der Waals surface area contributed by atoms with E-state index in [2.05, 4.69) is 0 Å². The zero-order chi connectivity index (χ0) is 27.9. The fourth-order valence-electron chi connectivity index (χ4n) is 5.41. The van der Waals surface area contributed by atoms with E-state index in [4.69, 9.17) is 19.6 Å².